The molecular formula is C9H7BrF2O2. The molecule has 1 aromatic carbocycles. The minimum atomic E-state index is -1.15. The number of hydrogen-bond donors (Lipinski definition) is 0. The molecule has 0 saturated carbocycles. The van der Waals surface area contributed by atoms with Gasteiger partial charge in [0.05, 0.1) is 10.0 Å². The Bertz CT molecular complexity index is 366. The highest BCUT2D eigenvalue weighted by molar-refractivity contribution is 9.10. The van der Waals surface area contributed by atoms with E-state index in [1.807, 2.05) is 0 Å². The predicted octanol–water partition coefficient (Wildman–Crippen LogP) is 2.56. The van der Waals surface area contributed by atoms with Gasteiger partial charge in [-0.15, -0.1) is 0 Å². The predicted molar refractivity (Wildman–Crippen MR) is 50.3 cm³/mol. The highest BCUT2D eigenvalue weighted by Crippen LogP contribution is 2.21. The van der Waals surface area contributed by atoms with Crippen LogP contribution < -0.4 is 0 Å². The Morgan fingerprint density at radius 2 is 2.07 bits per heavy atom. The van der Waals surface area contributed by atoms with Gasteiger partial charge in [0.25, 0.3) is 0 Å². The van der Waals surface area contributed by atoms with Crippen LogP contribution in [0.4, 0.5) is 8.78 Å². The van der Waals surface area contributed by atoms with Gasteiger partial charge in [-0.3, -0.25) is 4.79 Å². The number of rotatable bonds is 3. The van der Waals surface area contributed by atoms with Gasteiger partial charge in [0.2, 0.25) is 0 Å². The second kappa shape index (κ2) is 4.61. The van der Waals surface area contributed by atoms with Crippen molar-refractivity contribution in [3.8, 4) is 0 Å². The van der Waals surface area contributed by atoms with Crippen LogP contribution in [0.15, 0.2) is 16.6 Å². The van der Waals surface area contributed by atoms with Crippen molar-refractivity contribution < 1.29 is 18.3 Å². The Morgan fingerprint density at radius 1 is 1.43 bits per heavy atom. The highest BCUT2D eigenvalue weighted by atomic mass is 79.9. The number of benzene rings is 1. The van der Waals surface area contributed by atoms with Gasteiger partial charge in [-0.2, -0.15) is 0 Å². The average Bonchev–Trinajstić information content (AvgIpc) is 2.15. The lowest BCUT2D eigenvalue weighted by molar-refractivity contribution is 0.0843. The summed E-state index contributed by atoms with van der Waals surface area (Å²) in [5, 5.41) is 0. The molecule has 0 atom stereocenters. The lowest BCUT2D eigenvalue weighted by atomic mass is 10.1. The highest BCUT2D eigenvalue weighted by Gasteiger charge is 2.17. The normalized spacial score (nSPS) is 10.3. The smallest absolute Gasteiger partial charge is 0.191 e. The zero-order valence-corrected chi connectivity index (χ0v) is 8.90. The third-order valence-corrected chi connectivity index (χ3v) is 2.22. The molecule has 0 bridgehead atoms. The van der Waals surface area contributed by atoms with Crippen LogP contribution in [0.25, 0.3) is 0 Å². The van der Waals surface area contributed by atoms with Gasteiger partial charge in [0.15, 0.2) is 17.4 Å². The molecular weight excluding hydrogens is 258 g/mol. The van der Waals surface area contributed by atoms with E-state index in [1.165, 1.54) is 19.2 Å². The van der Waals surface area contributed by atoms with E-state index in [9.17, 15) is 13.6 Å². The second-order valence-electron chi connectivity index (χ2n) is 2.58. The van der Waals surface area contributed by atoms with Gasteiger partial charge >= 0.3 is 0 Å². The first-order valence-corrected chi connectivity index (χ1v) is 4.53. The molecule has 0 radical (unpaired) electrons. The third kappa shape index (κ3) is 2.16. The molecule has 1 aromatic rings. The lowest BCUT2D eigenvalue weighted by Crippen LogP contribution is -2.10. The van der Waals surface area contributed by atoms with Crippen LogP contribution in [0.3, 0.4) is 0 Å². The maximum Gasteiger partial charge on any atom is 0.191 e. The molecule has 0 N–H and O–H groups in total. The minimum absolute atomic E-state index is 0.0102. The van der Waals surface area contributed by atoms with Crippen LogP contribution in [0.2, 0.25) is 0 Å². The van der Waals surface area contributed by atoms with Crippen molar-refractivity contribution in [1.82, 2.24) is 0 Å². The van der Waals surface area contributed by atoms with E-state index in [-0.39, 0.29) is 16.6 Å². The first-order chi connectivity index (χ1) is 6.57. The fourth-order valence-electron chi connectivity index (χ4n) is 0.950. The third-order valence-electron chi connectivity index (χ3n) is 1.61. The number of carbonyl (C=O) groups is 1. The monoisotopic (exact) mass is 264 g/mol. The molecule has 0 aliphatic rings. The summed E-state index contributed by atoms with van der Waals surface area (Å²) in [5.74, 6) is -2.80. The number of carbonyl (C=O) groups excluding carboxylic acids is 1. The van der Waals surface area contributed by atoms with Crippen LogP contribution in [0, 0.1) is 11.6 Å². The zero-order valence-electron chi connectivity index (χ0n) is 7.31. The summed E-state index contributed by atoms with van der Waals surface area (Å²) in [6, 6.07) is 2.49. The van der Waals surface area contributed by atoms with Gasteiger partial charge < -0.3 is 4.74 Å². The van der Waals surface area contributed by atoms with Crippen LogP contribution in [-0.4, -0.2) is 19.5 Å². The van der Waals surface area contributed by atoms with E-state index >= 15 is 0 Å². The fourth-order valence-corrected chi connectivity index (χ4v) is 1.26. The summed E-state index contributed by atoms with van der Waals surface area (Å²) in [6.45, 7) is -0.266. The van der Waals surface area contributed by atoms with Gasteiger partial charge in [-0.25, -0.2) is 8.78 Å². The number of hydrogen-bond acceptors (Lipinski definition) is 2. The molecule has 0 saturated heterocycles. The summed E-state index contributed by atoms with van der Waals surface area (Å²) in [6.07, 6.45) is 0. The molecule has 0 aliphatic heterocycles. The molecule has 0 aliphatic carbocycles. The molecule has 76 valence electrons. The number of halogens is 3. The number of ketones is 1. The van der Waals surface area contributed by atoms with Crippen molar-refractivity contribution in [2.24, 2.45) is 0 Å². The van der Waals surface area contributed by atoms with Crippen LogP contribution in [0.1, 0.15) is 10.4 Å². The summed E-state index contributed by atoms with van der Waals surface area (Å²) in [7, 11) is 1.31. The van der Waals surface area contributed by atoms with Crippen LogP contribution >= 0.6 is 15.9 Å². The van der Waals surface area contributed by atoms with E-state index in [1.54, 1.807) is 0 Å². The Kier molecular flexibility index (Phi) is 3.71. The van der Waals surface area contributed by atoms with Gasteiger partial charge in [0.1, 0.15) is 6.61 Å². The van der Waals surface area contributed by atoms with Gasteiger partial charge in [-0.1, -0.05) is 0 Å². The van der Waals surface area contributed by atoms with Crippen LogP contribution in [-0.2, 0) is 4.74 Å². The van der Waals surface area contributed by atoms with E-state index in [4.69, 9.17) is 0 Å². The van der Waals surface area contributed by atoms with Crippen molar-refractivity contribution in [3.05, 3.63) is 33.8 Å². The zero-order chi connectivity index (χ0) is 10.7. The molecule has 0 spiro atoms. The lowest BCUT2D eigenvalue weighted by Gasteiger charge is -2.03. The Morgan fingerprint density at radius 3 is 2.64 bits per heavy atom. The maximum atomic E-state index is 13.2. The summed E-state index contributed by atoms with van der Waals surface area (Å²) in [4.78, 5) is 11.2. The second-order valence-corrected chi connectivity index (χ2v) is 3.43. The molecule has 14 heavy (non-hydrogen) atoms. The largest absolute Gasteiger partial charge is 0.377 e. The fraction of sp³-hybridized carbons (Fsp3) is 0.222. The standard InChI is InChI=1S/C9H7BrF2O2/c1-14-4-7(13)5-2-3-6(10)9(12)8(5)11/h2-3H,4H2,1H3. The molecule has 1 rings (SSSR count). The van der Waals surface area contributed by atoms with Crippen LogP contribution in [0.5, 0.6) is 0 Å². The Hall–Kier alpha value is -0.810. The van der Waals surface area contributed by atoms with Gasteiger partial charge in [-0.05, 0) is 28.1 Å². The van der Waals surface area contributed by atoms with Crippen molar-refractivity contribution >= 4 is 21.7 Å². The number of Topliss-reactive ketones (excluding diaryl/α,β-unsaturated/α-hetero) is 1. The first kappa shape index (κ1) is 11.3. The summed E-state index contributed by atoms with van der Waals surface area (Å²) in [5.41, 5.74) is -0.299. The van der Waals surface area contributed by atoms with Gasteiger partial charge in [0, 0.05) is 7.11 Å². The minimum Gasteiger partial charge on any atom is -0.377 e. The van der Waals surface area contributed by atoms with Crippen molar-refractivity contribution in [2.75, 3.05) is 13.7 Å². The molecule has 0 fully saturated rings. The maximum absolute atomic E-state index is 13.2. The molecule has 0 aromatic heterocycles. The van der Waals surface area contributed by atoms with Crippen molar-refractivity contribution in [1.29, 1.82) is 0 Å². The SMILES string of the molecule is COCC(=O)c1ccc(Br)c(F)c1F. The molecule has 2 nitrogen and oxygen atoms in total. The van der Waals surface area contributed by atoms with Crippen molar-refractivity contribution in [2.45, 2.75) is 0 Å². The first-order valence-electron chi connectivity index (χ1n) is 3.73. The van der Waals surface area contributed by atoms with E-state index < -0.39 is 17.4 Å². The summed E-state index contributed by atoms with van der Waals surface area (Å²) >= 11 is 2.81. The Balaban J connectivity index is 3.11. The average molecular weight is 265 g/mol. The number of methoxy groups -OCH3 is 1. The topological polar surface area (TPSA) is 26.3 Å². The molecule has 0 amide bonds. The Labute approximate surface area is 88.0 Å². The molecule has 0 unspecified atom stereocenters. The molecule has 0 heterocycles. The quantitative estimate of drug-likeness (QED) is 0.620. The van der Waals surface area contributed by atoms with E-state index in [0.29, 0.717) is 0 Å². The van der Waals surface area contributed by atoms with E-state index in [0.717, 1.165) is 0 Å². The summed E-state index contributed by atoms with van der Waals surface area (Å²) < 4.78 is 30.7. The van der Waals surface area contributed by atoms with E-state index in [2.05, 4.69) is 20.7 Å². The number of ether oxygens (including phenoxy) is 1. The van der Waals surface area contributed by atoms with Crippen molar-refractivity contribution in [3.63, 3.8) is 0 Å². The molecule has 5 heteroatoms.